The Morgan fingerprint density at radius 3 is 2.87 bits per heavy atom. The summed E-state index contributed by atoms with van der Waals surface area (Å²) in [6.07, 6.45) is 4.77. The zero-order valence-corrected chi connectivity index (χ0v) is 8.26. The summed E-state index contributed by atoms with van der Waals surface area (Å²) in [6.45, 7) is 0.784. The molecule has 4 N–H and O–H groups in total. The third-order valence-electron chi connectivity index (χ3n) is 2.53. The third kappa shape index (κ3) is 1.83. The quantitative estimate of drug-likeness (QED) is 0.682. The van der Waals surface area contributed by atoms with Gasteiger partial charge in [0.2, 0.25) is 5.91 Å². The SMILES string of the molecule is NC(=O)C1CCCN1c1cnc(N)cn1. The highest BCUT2D eigenvalue weighted by molar-refractivity contribution is 5.83. The number of anilines is 2. The van der Waals surface area contributed by atoms with Crippen LogP contribution >= 0.6 is 0 Å². The number of rotatable bonds is 2. The monoisotopic (exact) mass is 207 g/mol. The summed E-state index contributed by atoms with van der Waals surface area (Å²) in [5, 5.41) is 0. The minimum atomic E-state index is -0.314. The van der Waals surface area contributed by atoms with Crippen molar-refractivity contribution in [3.8, 4) is 0 Å². The van der Waals surface area contributed by atoms with Crippen LogP contribution in [0.1, 0.15) is 12.8 Å². The molecule has 1 atom stereocenters. The predicted molar refractivity (Wildman–Crippen MR) is 56.0 cm³/mol. The fourth-order valence-corrected chi connectivity index (χ4v) is 1.82. The number of hydrogen-bond acceptors (Lipinski definition) is 5. The summed E-state index contributed by atoms with van der Waals surface area (Å²) >= 11 is 0. The normalized spacial score (nSPS) is 20.5. The average Bonchev–Trinajstić information content (AvgIpc) is 2.67. The summed E-state index contributed by atoms with van der Waals surface area (Å²) in [6, 6.07) is -0.261. The summed E-state index contributed by atoms with van der Waals surface area (Å²) < 4.78 is 0. The molecule has 1 amide bonds. The van der Waals surface area contributed by atoms with Crippen LogP contribution < -0.4 is 16.4 Å². The topological polar surface area (TPSA) is 98.1 Å². The van der Waals surface area contributed by atoms with E-state index in [0.717, 1.165) is 19.4 Å². The Labute approximate surface area is 87.3 Å². The highest BCUT2D eigenvalue weighted by atomic mass is 16.1. The van der Waals surface area contributed by atoms with Crippen LogP contribution in [-0.4, -0.2) is 28.5 Å². The van der Waals surface area contributed by atoms with Gasteiger partial charge in [-0.25, -0.2) is 9.97 Å². The highest BCUT2D eigenvalue weighted by Crippen LogP contribution is 2.22. The van der Waals surface area contributed by atoms with Crippen molar-refractivity contribution in [3.05, 3.63) is 12.4 Å². The Kier molecular flexibility index (Phi) is 2.40. The van der Waals surface area contributed by atoms with Crippen LogP contribution in [0, 0.1) is 0 Å². The molecule has 1 saturated heterocycles. The minimum absolute atomic E-state index is 0.261. The molecule has 2 heterocycles. The van der Waals surface area contributed by atoms with Crippen molar-refractivity contribution in [2.24, 2.45) is 5.73 Å². The first-order valence-electron chi connectivity index (χ1n) is 4.82. The molecule has 1 fully saturated rings. The van der Waals surface area contributed by atoms with Crippen LogP contribution in [0.15, 0.2) is 12.4 Å². The molecule has 6 heteroatoms. The van der Waals surface area contributed by atoms with Crippen molar-refractivity contribution in [3.63, 3.8) is 0 Å². The van der Waals surface area contributed by atoms with Crippen LogP contribution in [0.5, 0.6) is 0 Å². The van der Waals surface area contributed by atoms with Crippen molar-refractivity contribution in [2.45, 2.75) is 18.9 Å². The summed E-state index contributed by atoms with van der Waals surface area (Å²) in [7, 11) is 0. The van der Waals surface area contributed by atoms with E-state index in [1.165, 1.54) is 6.20 Å². The molecule has 1 aliphatic rings. The molecule has 80 valence electrons. The molecular formula is C9H13N5O. The highest BCUT2D eigenvalue weighted by Gasteiger charge is 2.29. The smallest absolute Gasteiger partial charge is 0.240 e. The van der Waals surface area contributed by atoms with Gasteiger partial charge >= 0.3 is 0 Å². The molecule has 0 radical (unpaired) electrons. The van der Waals surface area contributed by atoms with E-state index in [1.807, 2.05) is 4.90 Å². The van der Waals surface area contributed by atoms with Gasteiger partial charge in [-0.3, -0.25) is 4.79 Å². The fraction of sp³-hybridized carbons (Fsp3) is 0.444. The van der Waals surface area contributed by atoms with E-state index in [2.05, 4.69) is 9.97 Å². The van der Waals surface area contributed by atoms with Gasteiger partial charge in [-0.05, 0) is 12.8 Å². The lowest BCUT2D eigenvalue weighted by Gasteiger charge is -2.22. The second kappa shape index (κ2) is 3.72. The average molecular weight is 207 g/mol. The van der Waals surface area contributed by atoms with Crippen LogP contribution in [0.4, 0.5) is 11.6 Å². The van der Waals surface area contributed by atoms with Crippen molar-refractivity contribution in [1.29, 1.82) is 0 Å². The third-order valence-corrected chi connectivity index (χ3v) is 2.53. The summed E-state index contributed by atoms with van der Waals surface area (Å²) in [5.41, 5.74) is 10.7. The molecule has 15 heavy (non-hydrogen) atoms. The predicted octanol–water partition coefficient (Wildman–Crippen LogP) is -0.487. The minimum Gasteiger partial charge on any atom is -0.382 e. The van der Waals surface area contributed by atoms with E-state index in [1.54, 1.807) is 6.20 Å². The van der Waals surface area contributed by atoms with Gasteiger partial charge in [0.1, 0.15) is 17.7 Å². The molecule has 2 rings (SSSR count). The maximum absolute atomic E-state index is 11.2. The van der Waals surface area contributed by atoms with Crippen molar-refractivity contribution < 1.29 is 4.79 Å². The molecule has 0 spiro atoms. The van der Waals surface area contributed by atoms with Gasteiger partial charge in [-0.1, -0.05) is 0 Å². The lowest BCUT2D eigenvalue weighted by molar-refractivity contribution is -0.119. The Bertz CT molecular complexity index is 363. The second-order valence-electron chi connectivity index (χ2n) is 3.55. The van der Waals surface area contributed by atoms with Gasteiger partial charge < -0.3 is 16.4 Å². The standard InChI is InChI=1S/C9H13N5O/c10-7-4-13-8(5-12-7)14-3-1-2-6(14)9(11)15/h4-6H,1-3H2,(H2,10,12)(H2,11,15). The first-order valence-corrected chi connectivity index (χ1v) is 4.82. The Balaban J connectivity index is 2.22. The molecule has 1 aliphatic heterocycles. The molecule has 1 aromatic rings. The summed E-state index contributed by atoms with van der Waals surface area (Å²) in [5.74, 6) is 0.713. The van der Waals surface area contributed by atoms with Crippen LogP contribution in [0.2, 0.25) is 0 Å². The zero-order chi connectivity index (χ0) is 10.8. The van der Waals surface area contributed by atoms with E-state index in [-0.39, 0.29) is 11.9 Å². The van der Waals surface area contributed by atoms with Gasteiger partial charge in [0.25, 0.3) is 0 Å². The Hall–Kier alpha value is -1.85. The number of nitrogens with zero attached hydrogens (tertiary/aromatic N) is 3. The molecule has 1 unspecified atom stereocenters. The molecule has 0 aliphatic carbocycles. The van der Waals surface area contributed by atoms with E-state index in [0.29, 0.717) is 11.6 Å². The first kappa shape index (κ1) is 9.70. The number of carbonyl (C=O) groups excluding carboxylic acids is 1. The number of amides is 1. The van der Waals surface area contributed by atoms with E-state index in [4.69, 9.17) is 11.5 Å². The molecule has 6 nitrogen and oxygen atoms in total. The van der Waals surface area contributed by atoms with Crippen molar-refractivity contribution in [1.82, 2.24) is 9.97 Å². The Morgan fingerprint density at radius 1 is 1.47 bits per heavy atom. The lowest BCUT2D eigenvalue weighted by atomic mass is 10.2. The van der Waals surface area contributed by atoms with Crippen LogP contribution in [0.3, 0.4) is 0 Å². The van der Waals surface area contributed by atoms with Gasteiger partial charge in [0.05, 0.1) is 12.4 Å². The molecular weight excluding hydrogens is 194 g/mol. The number of nitrogen functional groups attached to an aromatic ring is 1. The second-order valence-corrected chi connectivity index (χ2v) is 3.55. The van der Waals surface area contributed by atoms with Gasteiger partial charge in [-0.2, -0.15) is 0 Å². The maximum atomic E-state index is 11.2. The largest absolute Gasteiger partial charge is 0.382 e. The maximum Gasteiger partial charge on any atom is 0.240 e. The van der Waals surface area contributed by atoms with Crippen LogP contribution in [-0.2, 0) is 4.79 Å². The number of carbonyl (C=O) groups is 1. The van der Waals surface area contributed by atoms with E-state index in [9.17, 15) is 4.79 Å². The molecule has 0 aromatic carbocycles. The van der Waals surface area contributed by atoms with E-state index < -0.39 is 0 Å². The number of hydrogen-bond donors (Lipinski definition) is 2. The van der Waals surface area contributed by atoms with Crippen LogP contribution in [0.25, 0.3) is 0 Å². The number of nitrogens with two attached hydrogens (primary N) is 2. The Morgan fingerprint density at radius 2 is 2.27 bits per heavy atom. The van der Waals surface area contributed by atoms with E-state index >= 15 is 0 Å². The summed E-state index contributed by atoms with van der Waals surface area (Å²) in [4.78, 5) is 21.1. The van der Waals surface area contributed by atoms with Gasteiger partial charge in [0, 0.05) is 6.54 Å². The van der Waals surface area contributed by atoms with Crippen molar-refractivity contribution >= 4 is 17.5 Å². The molecule has 0 bridgehead atoms. The zero-order valence-electron chi connectivity index (χ0n) is 8.26. The first-order chi connectivity index (χ1) is 7.18. The number of primary amides is 1. The molecule has 0 saturated carbocycles. The fourth-order valence-electron chi connectivity index (χ4n) is 1.82. The number of aromatic nitrogens is 2. The van der Waals surface area contributed by atoms with Crippen molar-refractivity contribution in [2.75, 3.05) is 17.2 Å². The van der Waals surface area contributed by atoms with Gasteiger partial charge in [-0.15, -0.1) is 0 Å². The lowest BCUT2D eigenvalue weighted by Crippen LogP contribution is -2.40. The molecule has 1 aromatic heterocycles. The van der Waals surface area contributed by atoms with Gasteiger partial charge in [0.15, 0.2) is 0 Å².